The van der Waals surface area contributed by atoms with Crippen LogP contribution in [0.2, 0.25) is 0 Å². The number of H-pyrrole nitrogens is 1. The van der Waals surface area contributed by atoms with E-state index in [9.17, 15) is 4.79 Å². The molecule has 2 aliphatic rings. The molecule has 1 aromatic carbocycles. The molecule has 4 rings (SSSR count). The van der Waals surface area contributed by atoms with Gasteiger partial charge in [-0.15, -0.1) is 0 Å². The largest absolute Gasteiger partial charge is 0.379 e. The summed E-state index contributed by atoms with van der Waals surface area (Å²) in [5.41, 5.74) is 2.73. The molecule has 5 heteroatoms. The fourth-order valence-corrected chi connectivity index (χ4v) is 2.98. The molecule has 116 valence electrons. The molecule has 1 N–H and O–H groups in total. The van der Waals surface area contributed by atoms with Crippen LogP contribution in [0.5, 0.6) is 0 Å². The van der Waals surface area contributed by atoms with Crippen molar-refractivity contribution in [3.05, 3.63) is 29.6 Å². The average molecular weight is 299 g/mol. The van der Waals surface area contributed by atoms with Crippen LogP contribution in [0.1, 0.15) is 41.4 Å². The van der Waals surface area contributed by atoms with E-state index in [1.54, 1.807) is 0 Å². The number of nitrogens with zero attached hydrogens (tertiary/aromatic N) is 2. The van der Waals surface area contributed by atoms with E-state index in [-0.39, 0.29) is 5.78 Å². The summed E-state index contributed by atoms with van der Waals surface area (Å²) in [5, 5.41) is 0. The van der Waals surface area contributed by atoms with Crippen molar-refractivity contribution in [3.8, 4) is 0 Å². The Kier molecular flexibility index (Phi) is 3.68. The Bertz CT molecular complexity index is 684. The number of fused-ring (bicyclic) bond motifs is 1. The smallest absolute Gasteiger partial charge is 0.164 e. The number of rotatable bonds is 5. The van der Waals surface area contributed by atoms with Crippen LogP contribution in [0.3, 0.4) is 0 Å². The van der Waals surface area contributed by atoms with Gasteiger partial charge >= 0.3 is 0 Å². The molecule has 0 amide bonds. The molecule has 1 aromatic heterocycles. The Morgan fingerprint density at radius 2 is 2.14 bits per heavy atom. The third-order valence-corrected chi connectivity index (χ3v) is 4.55. The first-order chi connectivity index (χ1) is 10.8. The summed E-state index contributed by atoms with van der Waals surface area (Å²) in [7, 11) is 0. The number of Topliss-reactive ketones (excluding diaryl/α,β-unsaturated/α-hetero) is 1. The summed E-state index contributed by atoms with van der Waals surface area (Å²) in [6.07, 6.45) is 3.02. The van der Waals surface area contributed by atoms with E-state index >= 15 is 0 Å². The molecule has 2 fully saturated rings. The topological polar surface area (TPSA) is 58.2 Å². The van der Waals surface area contributed by atoms with Gasteiger partial charge in [0.1, 0.15) is 5.82 Å². The fourth-order valence-electron chi connectivity index (χ4n) is 2.98. The van der Waals surface area contributed by atoms with Crippen molar-refractivity contribution in [1.82, 2.24) is 14.9 Å². The lowest BCUT2D eigenvalue weighted by Crippen LogP contribution is -2.37. The van der Waals surface area contributed by atoms with Gasteiger partial charge in [0.15, 0.2) is 5.78 Å². The number of aromatic amines is 1. The van der Waals surface area contributed by atoms with Crippen LogP contribution >= 0.6 is 0 Å². The molecule has 2 aromatic rings. The zero-order chi connectivity index (χ0) is 14.9. The second-order valence-corrected chi connectivity index (χ2v) is 6.26. The molecule has 0 atom stereocenters. The highest BCUT2D eigenvalue weighted by molar-refractivity contribution is 5.99. The minimum atomic E-state index is 0.205. The number of nitrogens with one attached hydrogen (secondary N) is 1. The first-order valence-corrected chi connectivity index (χ1v) is 8.12. The Morgan fingerprint density at radius 3 is 2.91 bits per heavy atom. The van der Waals surface area contributed by atoms with Crippen LogP contribution in [0.4, 0.5) is 0 Å². The van der Waals surface area contributed by atoms with Crippen LogP contribution in [-0.2, 0) is 4.74 Å². The number of imidazole rings is 1. The minimum Gasteiger partial charge on any atom is -0.379 e. The summed E-state index contributed by atoms with van der Waals surface area (Å²) < 4.78 is 5.33. The summed E-state index contributed by atoms with van der Waals surface area (Å²) >= 11 is 0. The Labute approximate surface area is 129 Å². The Hall–Kier alpha value is -1.72. The Balaban J connectivity index is 1.44. The van der Waals surface area contributed by atoms with Gasteiger partial charge in [0, 0.05) is 37.5 Å². The maximum absolute atomic E-state index is 12.4. The predicted molar refractivity (Wildman–Crippen MR) is 84.3 cm³/mol. The first-order valence-electron chi connectivity index (χ1n) is 8.12. The number of aromatic nitrogens is 2. The average Bonchev–Trinajstić information content (AvgIpc) is 3.32. The lowest BCUT2D eigenvalue weighted by Gasteiger charge is -2.26. The summed E-state index contributed by atoms with van der Waals surface area (Å²) in [5.74, 6) is 1.89. The highest BCUT2D eigenvalue weighted by Gasteiger charge is 2.26. The van der Waals surface area contributed by atoms with Crippen LogP contribution in [0.15, 0.2) is 18.2 Å². The van der Waals surface area contributed by atoms with Crippen LogP contribution in [-0.4, -0.2) is 53.5 Å². The van der Waals surface area contributed by atoms with E-state index in [1.165, 1.54) is 12.8 Å². The van der Waals surface area contributed by atoms with Crippen molar-refractivity contribution in [2.24, 2.45) is 0 Å². The molecular weight excluding hydrogens is 278 g/mol. The highest BCUT2D eigenvalue weighted by atomic mass is 16.5. The molecule has 0 unspecified atom stereocenters. The normalized spacial score (nSPS) is 19.6. The zero-order valence-corrected chi connectivity index (χ0v) is 12.7. The monoisotopic (exact) mass is 299 g/mol. The van der Waals surface area contributed by atoms with Gasteiger partial charge in [-0.3, -0.25) is 9.69 Å². The van der Waals surface area contributed by atoms with E-state index in [0.29, 0.717) is 12.3 Å². The second kappa shape index (κ2) is 5.82. The van der Waals surface area contributed by atoms with Crippen molar-refractivity contribution in [3.63, 3.8) is 0 Å². The van der Waals surface area contributed by atoms with Gasteiger partial charge in [0.05, 0.1) is 24.2 Å². The van der Waals surface area contributed by atoms with Gasteiger partial charge in [-0.05, 0) is 31.0 Å². The SMILES string of the molecule is O=C(CCN1CCOCC1)c1ccc2nc(C3CC3)[nH]c2c1. The van der Waals surface area contributed by atoms with E-state index < -0.39 is 0 Å². The molecule has 1 aliphatic heterocycles. The number of ketones is 1. The van der Waals surface area contributed by atoms with E-state index in [1.807, 2.05) is 18.2 Å². The summed E-state index contributed by atoms with van der Waals surface area (Å²) in [6.45, 7) is 4.22. The van der Waals surface area contributed by atoms with Crippen molar-refractivity contribution in [2.75, 3.05) is 32.8 Å². The molecule has 1 aliphatic carbocycles. The highest BCUT2D eigenvalue weighted by Crippen LogP contribution is 2.39. The van der Waals surface area contributed by atoms with Crippen molar-refractivity contribution in [2.45, 2.75) is 25.2 Å². The van der Waals surface area contributed by atoms with Crippen LogP contribution < -0.4 is 0 Å². The number of ether oxygens (including phenoxy) is 1. The van der Waals surface area contributed by atoms with E-state index in [0.717, 1.165) is 55.3 Å². The lowest BCUT2D eigenvalue weighted by atomic mass is 10.1. The summed E-state index contributed by atoms with van der Waals surface area (Å²) in [4.78, 5) is 22.7. The number of benzene rings is 1. The molecule has 22 heavy (non-hydrogen) atoms. The third-order valence-electron chi connectivity index (χ3n) is 4.55. The van der Waals surface area contributed by atoms with Gasteiger partial charge in [0.25, 0.3) is 0 Å². The molecule has 0 radical (unpaired) electrons. The second-order valence-electron chi connectivity index (χ2n) is 6.26. The summed E-state index contributed by atoms with van der Waals surface area (Å²) in [6, 6.07) is 5.82. The molecule has 0 spiro atoms. The number of morpholine rings is 1. The fraction of sp³-hybridized carbons (Fsp3) is 0.529. The van der Waals surface area contributed by atoms with Crippen LogP contribution in [0.25, 0.3) is 11.0 Å². The first kappa shape index (κ1) is 13.9. The molecule has 1 saturated carbocycles. The van der Waals surface area contributed by atoms with Gasteiger partial charge in [-0.25, -0.2) is 4.98 Å². The van der Waals surface area contributed by atoms with Crippen molar-refractivity contribution in [1.29, 1.82) is 0 Å². The zero-order valence-electron chi connectivity index (χ0n) is 12.7. The maximum atomic E-state index is 12.4. The van der Waals surface area contributed by atoms with Gasteiger partial charge in [-0.1, -0.05) is 0 Å². The predicted octanol–water partition coefficient (Wildman–Crippen LogP) is 2.35. The van der Waals surface area contributed by atoms with Crippen LogP contribution in [0, 0.1) is 0 Å². The molecular formula is C17H21N3O2. The van der Waals surface area contributed by atoms with E-state index in [4.69, 9.17) is 4.74 Å². The van der Waals surface area contributed by atoms with Gasteiger partial charge in [-0.2, -0.15) is 0 Å². The minimum absolute atomic E-state index is 0.205. The maximum Gasteiger partial charge on any atom is 0.164 e. The number of hydrogen-bond donors (Lipinski definition) is 1. The van der Waals surface area contributed by atoms with Crippen molar-refractivity contribution >= 4 is 16.8 Å². The standard InChI is InChI=1S/C17H21N3O2/c21-16(5-6-20-7-9-22-10-8-20)13-3-4-14-15(11-13)19-17(18-14)12-1-2-12/h3-4,11-12H,1-2,5-10H2,(H,18,19). The molecule has 0 bridgehead atoms. The number of hydrogen-bond acceptors (Lipinski definition) is 4. The van der Waals surface area contributed by atoms with Gasteiger partial charge < -0.3 is 9.72 Å². The lowest BCUT2D eigenvalue weighted by molar-refractivity contribution is 0.0370. The molecule has 5 nitrogen and oxygen atoms in total. The number of carbonyl (C=O) groups is 1. The molecule has 2 heterocycles. The number of carbonyl (C=O) groups excluding carboxylic acids is 1. The quantitative estimate of drug-likeness (QED) is 0.861. The third kappa shape index (κ3) is 2.91. The van der Waals surface area contributed by atoms with Gasteiger partial charge in [0.2, 0.25) is 0 Å². The van der Waals surface area contributed by atoms with E-state index in [2.05, 4.69) is 14.9 Å². The van der Waals surface area contributed by atoms with Crippen molar-refractivity contribution < 1.29 is 9.53 Å². The Morgan fingerprint density at radius 1 is 1.32 bits per heavy atom. The molecule has 1 saturated heterocycles.